The van der Waals surface area contributed by atoms with E-state index in [4.69, 9.17) is 5.73 Å². The lowest BCUT2D eigenvalue weighted by Gasteiger charge is -2.04. The molecule has 0 heterocycles. The molecule has 0 amide bonds. The summed E-state index contributed by atoms with van der Waals surface area (Å²) in [4.78, 5) is 11.7. The van der Waals surface area contributed by atoms with Gasteiger partial charge in [-0.1, -0.05) is 17.7 Å². The summed E-state index contributed by atoms with van der Waals surface area (Å²) in [5.41, 5.74) is 9.15. The van der Waals surface area contributed by atoms with Crippen LogP contribution in [0, 0.1) is 6.92 Å². The molecule has 15 heavy (non-hydrogen) atoms. The Morgan fingerprint density at radius 2 is 2.07 bits per heavy atom. The zero-order chi connectivity index (χ0) is 11.4. The van der Waals surface area contributed by atoms with Crippen molar-refractivity contribution in [3.63, 3.8) is 0 Å². The molecular weight excluding hydrogens is 186 g/mol. The zero-order valence-corrected chi connectivity index (χ0v) is 9.34. The van der Waals surface area contributed by atoms with Crippen LogP contribution < -0.4 is 5.73 Å². The van der Waals surface area contributed by atoms with Gasteiger partial charge < -0.3 is 5.73 Å². The molecule has 0 spiro atoms. The quantitative estimate of drug-likeness (QED) is 0.464. The highest BCUT2D eigenvalue weighted by atomic mass is 16.1. The molecule has 0 aliphatic rings. The minimum Gasteiger partial charge on any atom is -0.398 e. The first-order chi connectivity index (χ1) is 7.00. The highest BCUT2D eigenvalue weighted by Crippen LogP contribution is 2.15. The molecule has 1 aromatic carbocycles. The van der Waals surface area contributed by atoms with Gasteiger partial charge in [-0.2, -0.15) is 0 Å². The smallest absolute Gasteiger partial charge is 0.163 e. The molecule has 2 nitrogen and oxygen atoms in total. The Bertz CT molecular complexity index is 394. The number of carbonyl (C=O) groups is 1. The van der Waals surface area contributed by atoms with Crippen LogP contribution >= 0.6 is 0 Å². The van der Waals surface area contributed by atoms with Gasteiger partial charge >= 0.3 is 0 Å². The molecule has 0 saturated heterocycles. The number of benzene rings is 1. The first-order valence-electron chi connectivity index (χ1n) is 5.04. The number of rotatable bonds is 4. The van der Waals surface area contributed by atoms with Crippen LogP contribution in [0.1, 0.15) is 35.7 Å². The molecule has 0 aromatic heterocycles. The Morgan fingerprint density at radius 1 is 1.40 bits per heavy atom. The lowest BCUT2D eigenvalue weighted by molar-refractivity contribution is 0.0983. The monoisotopic (exact) mass is 203 g/mol. The molecule has 80 valence electrons. The first-order valence-corrected chi connectivity index (χ1v) is 5.04. The van der Waals surface area contributed by atoms with Crippen molar-refractivity contribution < 1.29 is 4.79 Å². The summed E-state index contributed by atoms with van der Waals surface area (Å²) in [6, 6.07) is 5.45. The second kappa shape index (κ2) is 4.78. The predicted molar refractivity (Wildman–Crippen MR) is 64.0 cm³/mol. The Balaban J connectivity index is 2.74. The molecule has 2 heteroatoms. The zero-order valence-electron chi connectivity index (χ0n) is 9.34. The molecule has 0 bridgehead atoms. The number of nitrogens with two attached hydrogens (primary N) is 1. The fraction of sp³-hybridized carbons (Fsp3) is 0.308. The molecule has 0 fully saturated rings. The summed E-state index contributed by atoms with van der Waals surface area (Å²) in [7, 11) is 0. The lowest BCUT2D eigenvalue weighted by Crippen LogP contribution is -2.01. The standard InChI is InChI=1S/C13H17NO/c1-9(2)4-7-13(15)11-6-5-10(3)12(14)8-11/h5-6,8H,1,4,7,14H2,2-3H3. The number of aryl methyl sites for hydroxylation is 1. The lowest BCUT2D eigenvalue weighted by atomic mass is 10.0. The van der Waals surface area contributed by atoms with Gasteiger partial charge in [-0.15, -0.1) is 6.58 Å². The van der Waals surface area contributed by atoms with Crippen LogP contribution in [0.4, 0.5) is 5.69 Å². The first kappa shape index (κ1) is 11.5. The van der Waals surface area contributed by atoms with Gasteiger partial charge in [0, 0.05) is 17.7 Å². The largest absolute Gasteiger partial charge is 0.398 e. The van der Waals surface area contributed by atoms with Crippen LogP contribution in [0.3, 0.4) is 0 Å². The van der Waals surface area contributed by atoms with E-state index in [9.17, 15) is 4.79 Å². The normalized spacial score (nSPS) is 10.0. The molecule has 0 radical (unpaired) electrons. The summed E-state index contributed by atoms with van der Waals surface area (Å²) in [5.74, 6) is 0.129. The second-order valence-electron chi connectivity index (χ2n) is 3.95. The Labute approximate surface area is 90.8 Å². The van der Waals surface area contributed by atoms with E-state index >= 15 is 0 Å². The number of nitrogen functional groups attached to an aromatic ring is 1. The molecule has 1 rings (SSSR count). The Hall–Kier alpha value is -1.57. The number of Topliss-reactive ketones (excluding diaryl/α,β-unsaturated/α-hetero) is 1. The predicted octanol–water partition coefficient (Wildman–Crippen LogP) is 3.12. The van der Waals surface area contributed by atoms with E-state index in [-0.39, 0.29) is 5.78 Å². The molecule has 0 aliphatic heterocycles. The summed E-state index contributed by atoms with van der Waals surface area (Å²) in [5, 5.41) is 0. The van der Waals surface area contributed by atoms with Gasteiger partial charge in [0.05, 0.1) is 0 Å². The fourth-order valence-electron chi connectivity index (χ4n) is 1.29. The fourth-order valence-corrected chi connectivity index (χ4v) is 1.29. The maximum atomic E-state index is 11.7. The molecule has 0 saturated carbocycles. The molecule has 0 unspecified atom stereocenters. The summed E-state index contributed by atoms with van der Waals surface area (Å²) in [6.07, 6.45) is 1.25. The number of anilines is 1. The van der Waals surface area contributed by atoms with Crippen molar-refractivity contribution in [2.24, 2.45) is 0 Å². The maximum Gasteiger partial charge on any atom is 0.163 e. The van der Waals surface area contributed by atoms with E-state index < -0.39 is 0 Å². The van der Waals surface area contributed by atoms with Crippen molar-refractivity contribution >= 4 is 11.5 Å². The van der Waals surface area contributed by atoms with Crippen LogP contribution in [-0.4, -0.2) is 5.78 Å². The molecule has 2 N–H and O–H groups in total. The number of allylic oxidation sites excluding steroid dienone is 1. The van der Waals surface area contributed by atoms with Gasteiger partial charge in [0.25, 0.3) is 0 Å². The number of hydrogen-bond donors (Lipinski definition) is 1. The number of ketones is 1. The van der Waals surface area contributed by atoms with Crippen LogP contribution in [0.25, 0.3) is 0 Å². The number of carbonyl (C=O) groups excluding carboxylic acids is 1. The van der Waals surface area contributed by atoms with Gasteiger partial charge in [-0.25, -0.2) is 0 Å². The van der Waals surface area contributed by atoms with E-state index in [0.29, 0.717) is 17.7 Å². The third kappa shape index (κ3) is 3.24. The Morgan fingerprint density at radius 3 is 2.60 bits per heavy atom. The molecule has 0 atom stereocenters. The van der Waals surface area contributed by atoms with Crippen LogP contribution in [0.15, 0.2) is 30.4 Å². The van der Waals surface area contributed by atoms with Crippen molar-refractivity contribution in [3.05, 3.63) is 41.5 Å². The maximum absolute atomic E-state index is 11.7. The van der Waals surface area contributed by atoms with E-state index in [1.165, 1.54) is 0 Å². The van der Waals surface area contributed by atoms with Crippen molar-refractivity contribution in [1.82, 2.24) is 0 Å². The third-order valence-corrected chi connectivity index (χ3v) is 2.38. The highest BCUT2D eigenvalue weighted by molar-refractivity contribution is 5.97. The Kier molecular flexibility index (Phi) is 3.67. The second-order valence-corrected chi connectivity index (χ2v) is 3.95. The van der Waals surface area contributed by atoms with Crippen LogP contribution in [0.5, 0.6) is 0 Å². The average molecular weight is 203 g/mol. The van der Waals surface area contributed by atoms with E-state index in [2.05, 4.69) is 6.58 Å². The molecule has 0 aliphatic carbocycles. The van der Waals surface area contributed by atoms with Crippen LogP contribution in [-0.2, 0) is 0 Å². The summed E-state index contributed by atoms with van der Waals surface area (Å²) >= 11 is 0. The van der Waals surface area contributed by atoms with Crippen LogP contribution in [0.2, 0.25) is 0 Å². The average Bonchev–Trinajstić information content (AvgIpc) is 2.18. The van der Waals surface area contributed by atoms with Gasteiger partial charge in [0.1, 0.15) is 0 Å². The van der Waals surface area contributed by atoms with Gasteiger partial charge in [-0.05, 0) is 31.9 Å². The van der Waals surface area contributed by atoms with Crippen molar-refractivity contribution in [1.29, 1.82) is 0 Å². The third-order valence-electron chi connectivity index (χ3n) is 2.38. The van der Waals surface area contributed by atoms with Gasteiger partial charge in [-0.3, -0.25) is 4.79 Å². The summed E-state index contributed by atoms with van der Waals surface area (Å²) in [6.45, 7) is 7.63. The van der Waals surface area contributed by atoms with Crippen molar-refractivity contribution in [3.8, 4) is 0 Å². The SMILES string of the molecule is C=C(C)CCC(=O)c1ccc(C)c(N)c1. The number of hydrogen-bond acceptors (Lipinski definition) is 2. The molecular formula is C13H17NO. The molecule has 1 aromatic rings. The minimum atomic E-state index is 0.129. The van der Waals surface area contributed by atoms with E-state index in [1.807, 2.05) is 26.0 Å². The summed E-state index contributed by atoms with van der Waals surface area (Å²) < 4.78 is 0. The van der Waals surface area contributed by atoms with E-state index in [1.54, 1.807) is 6.07 Å². The van der Waals surface area contributed by atoms with Gasteiger partial charge in [0.15, 0.2) is 5.78 Å². The van der Waals surface area contributed by atoms with E-state index in [0.717, 1.165) is 17.6 Å². The highest BCUT2D eigenvalue weighted by Gasteiger charge is 2.06. The van der Waals surface area contributed by atoms with Crippen molar-refractivity contribution in [2.45, 2.75) is 26.7 Å². The van der Waals surface area contributed by atoms with Crippen molar-refractivity contribution in [2.75, 3.05) is 5.73 Å². The van der Waals surface area contributed by atoms with Gasteiger partial charge in [0.2, 0.25) is 0 Å². The minimum absolute atomic E-state index is 0.129. The topological polar surface area (TPSA) is 43.1 Å².